The highest BCUT2D eigenvalue weighted by Gasteiger charge is 2.41. The summed E-state index contributed by atoms with van der Waals surface area (Å²) in [5, 5.41) is 1.48. The Morgan fingerprint density at radius 3 is 2.35 bits per heavy atom. The molecule has 0 bridgehead atoms. The number of rotatable bonds is 4. The van der Waals surface area contributed by atoms with Crippen LogP contribution in [0.25, 0.3) is 28.0 Å². The monoisotopic (exact) mass is 538 g/mol. The largest absolute Gasteiger partial charge is 0.422 e. The van der Waals surface area contributed by atoms with Gasteiger partial charge in [-0.2, -0.15) is 0 Å². The molecule has 206 valence electrons. The van der Waals surface area contributed by atoms with Gasteiger partial charge in [0, 0.05) is 61.0 Å². The van der Waals surface area contributed by atoms with Gasteiger partial charge in [-0.25, -0.2) is 9.59 Å². The molecule has 0 N–H and O–H groups in total. The maximum Gasteiger partial charge on any atom is 0.347 e. The molecule has 0 unspecified atom stereocenters. The van der Waals surface area contributed by atoms with Gasteiger partial charge < -0.3 is 18.6 Å². The van der Waals surface area contributed by atoms with Crippen LogP contribution in [0, 0.1) is 0 Å². The van der Waals surface area contributed by atoms with Crippen LogP contribution >= 0.6 is 0 Å². The zero-order valence-electron chi connectivity index (χ0n) is 23.9. The number of allylic oxidation sites excluding steroid dienone is 1. The smallest absolute Gasteiger partial charge is 0.347 e. The number of nitrogens with zero attached hydrogens (tertiary/aromatic N) is 2. The van der Waals surface area contributed by atoms with Crippen LogP contribution in [-0.4, -0.2) is 33.0 Å². The van der Waals surface area contributed by atoms with E-state index in [2.05, 4.69) is 38.7 Å². The Bertz CT molecular complexity index is 1850. The van der Waals surface area contributed by atoms with Crippen molar-refractivity contribution in [1.82, 2.24) is 0 Å². The molecule has 4 heterocycles. The summed E-state index contributed by atoms with van der Waals surface area (Å²) >= 11 is 0. The molecule has 7 heteroatoms. The van der Waals surface area contributed by atoms with Crippen LogP contribution in [-0.2, 0) is 10.8 Å². The van der Waals surface area contributed by atoms with E-state index in [0.29, 0.717) is 16.6 Å². The Morgan fingerprint density at radius 2 is 1.62 bits per heavy atom. The van der Waals surface area contributed by atoms with E-state index in [-0.39, 0.29) is 22.0 Å². The van der Waals surface area contributed by atoms with Gasteiger partial charge in [-0.15, -0.1) is 0 Å². The molecule has 0 spiro atoms. The van der Waals surface area contributed by atoms with Crippen molar-refractivity contribution in [3.63, 3.8) is 0 Å². The lowest BCUT2D eigenvalue weighted by Crippen LogP contribution is -2.44. The van der Waals surface area contributed by atoms with E-state index in [1.807, 2.05) is 31.1 Å². The first-order valence-corrected chi connectivity index (χ1v) is 13.7. The van der Waals surface area contributed by atoms with Gasteiger partial charge in [-0.1, -0.05) is 27.7 Å². The number of hydrogen-bond acceptors (Lipinski definition) is 7. The highest BCUT2D eigenvalue weighted by molar-refractivity contribution is 6.08. The first-order valence-electron chi connectivity index (χ1n) is 13.7. The maximum atomic E-state index is 13.2. The third-order valence-corrected chi connectivity index (χ3v) is 8.67. The number of hydrogen-bond donors (Lipinski definition) is 0. The van der Waals surface area contributed by atoms with Gasteiger partial charge in [-0.05, 0) is 71.7 Å². The lowest BCUT2D eigenvalue weighted by molar-refractivity contribution is 0.104. The number of anilines is 2. The Morgan fingerprint density at radius 1 is 0.900 bits per heavy atom. The number of fused-ring (bicyclic) bond motifs is 3. The van der Waals surface area contributed by atoms with Crippen LogP contribution in [0.15, 0.2) is 60.9 Å². The van der Waals surface area contributed by atoms with Crippen molar-refractivity contribution in [3.05, 3.63) is 85.6 Å². The quantitative estimate of drug-likeness (QED) is 0.178. The first kappa shape index (κ1) is 26.1. The molecule has 40 heavy (non-hydrogen) atoms. The highest BCUT2D eigenvalue weighted by Crippen LogP contribution is 2.51. The summed E-state index contributed by atoms with van der Waals surface area (Å²) in [6, 6.07) is 10.9. The van der Waals surface area contributed by atoms with E-state index < -0.39 is 17.0 Å². The van der Waals surface area contributed by atoms with E-state index in [4.69, 9.17) is 8.83 Å². The van der Waals surface area contributed by atoms with E-state index in [1.54, 1.807) is 12.1 Å². The standard InChI is InChI=1S/C33H34N2O5/c1-32(2)11-13-35-14-12-33(3,4)27-28(35)24(32)17-21-15-20(30(37)40-29(21)27)8-10-25(36)23-16-19-7-9-22(34(5)6)18-26(19)39-31(23)38/h7-10,15-18H,11-14H2,1-6H3/b10-8+. The summed E-state index contributed by atoms with van der Waals surface area (Å²) in [6.07, 6.45) is 4.69. The van der Waals surface area contributed by atoms with E-state index in [1.165, 1.54) is 29.5 Å². The molecule has 2 aliphatic heterocycles. The second-order valence-corrected chi connectivity index (χ2v) is 12.6. The van der Waals surface area contributed by atoms with Crippen LogP contribution < -0.4 is 21.1 Å². The minimum absolute atomic E-state index is 0.0122. The molecular weight excluding hydrogens is 504 g/mol. The Labute approximate surface area is 232 Å². The average Bonchev–Trinajstić information content (AvgIpc) is 2.89. The van der Waals surface area contributed by atoms with E-state index in [9.17, 15) is 14.4 Å². The molecule has 0 fully saturated rings. The minimum Gasteiger partial charge on any atom is -0.422 e. The number of carbonyl (C=O) groups is 1. The molecule has 2 aromatic carbocycles. The molecule has 6 rings (SSSR count). The van der Waals surface area contributed by atoms with Crippen molar-refractivity contribution in [2.45, 2.75) is 51.4 Å². The van der Waals surface area contributed by atoms with Crippen molar-refractivity contribution in [3.8, 4) is 0 Å². The number of benzene rings is 2. The lowest BCUT2D eigenvalue weighted by atomic mass is 9.69. The fourth-order valence-electron chi connectivity index (χ4n) is 6.09. The number of ketones is 1. The molecule has 0 amide bonds. The van der Waals surface area contributed by atoms with Crippen molar-refractivity contribution < 1.29 is 13.6 Å². The zero-order chi connectivity index (χ0) is 28.6. The molecule has 0 saturated carbocycles. The minimum atomic E-state index is -0.719. The first-order chi connectivity index (χ1) is 18.9. The fourth-order valence-corrected chi connectivity index (χ4v) is 6.09. The van der Waals surface area contributed by atoms with Gasteiger partial charge in [-0.3, -0.25) is 4.79 Å². The van der Waals surface area contributed by atoms with Crippen molar-refractivity contribution in [2.75, 3.05) is 37.0 Å². The van der Waals surface area contributed by atoms with Gasteiger partial charge in [0.05, 0.1) is 5.56 Å². The Kier molecular flexibility index (Phi) is 5.84. The van der Waals surface area contributed by atoms with Gasteiger partial charge >= 0.3 is 11.3 Å². The number of carbonyl (C=O) groups excluding carboxylic acids is 1. The summed E-state index contributed by atoms with van der Waals surface area (Å²) in [5.41, 5.74) is 4.25. The molecule has 0 aliphatic carbocycles. The molecule has 0 radical (unpaired) electrons. The Balaban J connectivity index is 1.42. The van der Waals surface area contributed by atoms with Crippen LogP contribution in [0.1, 0.15) is 67.6 Å². The summed E-state index contributed by atoms with van der Waals surface area (Å²) in [6.45, 7) is 10.9. The van der Waals surface area contributed by atoms with Crippen LogP contribution in [0.5, 0.6) is 0 Å². The van der Waals surface area contributed by atoms with E-state index >= 15 is 0 Å². The lowest BCUT2D eigenvalue weighted by Gasteiger charge is -2.48. The molecule has 7 nitrogen and oxygen atoms in total. The highest BCUT2D eigenvalue weighted by atomic mass is 16.4. The summed E-state index contributed by atoms with van der Waals surface area (Å²) in [5.74, 6) is -0.537. The van der Waals surface area contributed by atoms with Crippen molar-refractivity contribution in [2.24, 2.45) is 0 Å². The van der Waals surface area contributed by atoms with Crippen LogP contribution in [0.2, 0.25) is 0 Å². The predicted molar refractivity (Wildman–Crippen MR) is 160 cm³/mol. The Hall–Kier alpha value is -4.13. The second kappa shape index (κ2) is 8.95. The van der Waals surface area contributed by atoms with E-state index in [0.717, 1.165) is 42.6 Å². The molecule has 2 aliphatic rings. The predicted octanol–water partition coefficient (Wildman–Crippen LogP) is 6.03. The molecule has 4 aromatic rings. The third-order valence-electron chi connectivity index (χ3n) is 8.67. The maximum absolute atomic E-state index is 13.2. The fraction of sp³-hybridized carbons (Fsp3) is 0.364. The molecular formula is C33H34N2O5. The van der Waals surface area contributed by atoms with Crippen LogP contribution in [0.3, 0.4) is 0 Å². The third kappa shape index (κ3) is 4.15. The van der Waals surface area contributed by atoms with Crippen molar-refractivity contribution >= 4 is 45.2 Å². The summed E-state index contributed by atoms with van der Waals surface area (Å²) < 4.78 is 11.4. The zero-order valence-corrected chi connectivity index (χ0v) is 23.9. The van der Waals surface area contributed by atoms with Gasteiger partial charge in [0.15, 0.2) is 5.78 Å². The SMILES string of the molecule is CN(C)c1ccc2cc(C(=O)/C=C/c3cc4cc5c6c(c4oc3=O)C(C)(C)CCN6CCC5(C)C)c(=O)oc2c1. The normalized spacial score (nSPS) is 17.4. The topological polar surface area (TPSA) is 84.0 Å². The molecule has 0 saturated heterocycles. The second-order valence-electron chi connectivity index (χ2n) is 12.6. The average molecular weight is 539 g/mol. The van der Waals surface area contributed by atoms with Gasteiger partial charge in [0.2, 0.25) is 0 Å². The van der Waals surface area contributed by atoms with Gasteiger partial charge in [0.25, 0.3) is 0 Å². The molecule has 0 atom stereocenters. The van der Waals surface area contributed by atoms with Crippen LogP contribution in [0.4, 0.5) is 11.4 Å². The van der Waals surface area contributed by atoms with Gasteiger partial charge in [0.1, 0.15) is 16.7 Å². The van der Waals surface area contributed by atoms with Crippen molar-refractivity contribution in [1.29, 1.82) is 0 Å². The summed E-state index contributed by atoms with van der Waals surface area (Å²) in [4.78, 5) is 43.2. The summed E-state index contributed by atoms with van der Waals surface area (Å²) in [7, 11) is 3.79. The molecule has 2 aromatic heterocycles.